The van der Waals surface area contributed by atoms with E-state index in [1.54, 1.807) is 12.4 Å². The van der Waals surface area contributed by atoms with Crippen LogP contribution in [0.2, 0.25) is 0 Å². The zero-order valence-electron chi connectivity index (χ0n) is 16.5. The summed E-state index contributed by atoms with van der Waals surface area (Å²) in [6.45, 7) is 4.03. The molecule has 3 aliphatic heterocycles. The lowest BCUT2D eigenvalue weighted by Crippen LogP contribution is -2.53. The van der Waals surface area contributed by atoms with Gasteiger partial charge in [0.25, 0.3) is 5.84 Å². The van der Waals surface area contributed by atoms with Crippen molar-refractivity contribution in [3.05, 3.63) is 77.4 Å². The number of hydrogen-bond acceptors (Lipinski definition) is 5. The lowest BCUT2D eigenvalue weighted by Gasteiger charge is -2.27. The second kappa shape index (κ2) is 7.55. The van der Waals surface area contributed by atoms with Crippen LogP contribution in [0.5, 0.6) is 5.75 Å². The molecular formula is C23H26N5O+. The summed E-state index contributed by atoms with van der Waals surface area (Å²) in [6, 6.07) is 8.07. The molecule has 1 fully saturated rings. The van der Waals surface area contributed by atoms with E-state index in [1.807, 2.05) is 48.7 Å². The van der Waals surface area contributed by atoms with Gasteiger partial charge in [-0.05, 0) is 44.1 Å². The zero-order chi connectivity index (χ0) is 19.7. The maximum Gasteiger partial charge on any atom is 0.265 e. The van der Waals surface area contributed by atoms with Crippen LogP contribution in [-0.4, -0.2) is 47.8 Å². The first-order chi connectivity index (χ1) is 14.2. The van der Waals surface area contributed by atoms with E-state index in [0.29, 0.717) is 6.61 Å². The van der Waals surface area contributed by atoms with Crippen LogP contribution in [0.1, 0.15) is 24.8 Å². The number of quaternary nitrogens is 1. The molecule has 6 nitrogen and oxygen atoms in total. The van der Waals surface area contributed by atoms with E-state index < -0.39 is 0 Å². The Hall–Kier alpha value is -2.80. The second-order valence-corrected chi connectivity index (χ2v) is 7.78. The summed E-state index contributed by atoms with van der Waals surface area (Å²) in [4.78, 5) is 11.7. The zero-order valence-corrected chi connectivity index (χ0v) is 16.5. The summed E-state index contributed by atoms with van der Waals surface area (Å²) in [7, 11) is 0. The number of nitrogens with two attached hydrogens (primary N) is 1. The highest BCUT2D eigenvalue weighted by Crippen LogP contribution is 2.36. The first-order valence-corrected chi connectivity index (χ1v) is 10.3. The van der Waals surface area contributed by atoms with Crippen LogP contribution >= 0.6 is 0 Å². The molecule has 1 aliphatic carbocycles. The van der Waals surface area contributed by atoms with Crippen molar-refractivity contribution >= 4 is 12.1 Å². The third kappa shape index (κ3) is 3.40. The van der Waals surface area contributed by atoms with Gasteiger partial charge in [-0.1, -0.05) is 30.7 Å². The number of rotatable bonds is 6. The molecule has 0 radical (unpaired) electrons. The largest absolute Gasteiger partial charge is 0.492 e. The van der Waals surface area contributed by atoms with E-state index in [0.717, 1.165) is 40.7 Å². The van der Waals surface area contributed by atoms with Crippen LogP contribution < -0.4 is 10.6 Å². The predicted molar refractivity (Wildman–Crippen MR) is 115 cm³/mol. The van der Waals surface area contributed by atoms with Crippen LogP contribution in [0, 0.1) is 0 Å². The molecule has 1 aromatic rings. The summed E-state index contributed by atoms with van der Waals surface area (Å²) in [6.07, 6.45) is 15.4. The SMILES string of the molecule is N[N+]12C=CN=CC1=C(C1=CC=C1)N=C2c1cccc(OCCN2CCCCC2)c1. The Morgan fingerprint density at radius 3 is 2.83 bits per heavy atom. The standard InChI is InChI=1S/C23H26N5O/c24-28-14-10-25-17-21(28)22(18-6-4-7-18)26-23(28)19-8-5-9-20(16-19)29-15-13-27-11-2-1-3-12-27/h4-10,14,16-17H,1-3,11-13,15,24H2/q+1. The summed E-state index contributed by atoms with van der Waals surface area (Å²) in [5, 5.41) is 0. The number of amidine groups is 1. The minimum atomic E-state index is 0.0290. The molecule has 3 heterocycles. The van der Waals surface area contributed by atoms with Crippen molar-refractivity contribution in [2.45, 2.75) is 19.3 Å². The molecule has 1 atom stereocenters. The number of likely N-dealkylation sites (tertiary alicyclic amines) is 1. The fourth-order valence-corrected chi connectivity index (χ4v) is 4.14. The average molecular weight is 388 g/mol. The minimum Gasteiger partial charge on any atom is -0.492 e. The number of allylic oxidation sites excluding steroid dienone is 4. The Morgan fingerprint density at radius 1 is 1.17 bits per heavy atom. The molecule has 29 heavy (non-hydrogen) atoms. The maximum absolute atomic E-state index is 6.77. The van der Waals surface area contributed by atoms with E-state index in [1.165, 1.54) is 32.4 Å². The molecule has 6 heteroatoms. The molecule has 0 amide bonds. The number of aliphatic imine (C=N–C) groups is 2. The Morgan fingerprint density at radius 2 is 2.03 bits per heavy atom. The minimum absolute atomic E-state index is 0.0290. The molecule has 148 valence electrons. The molecule has 5 rings (SSSR count). The van der Waals surface area contributed by atoms with Crippen LogP contribution in [0.4, 0.5) is 0 Å². The fourth-order valence-electron chi connectivity index (χ4n) is 4.14. The molecule has 0 aromatic heterocycles. The van der Waals surface area contributed by atoms with Gasteiger partial charge < -0.3 is 4.74 Å². The summed E-state index contributed by atoms with van der Waals surface area (Å²) < 4.78 is 6.09. The van der Waals surface area contributed by atoms with Crippen LogP contribution in [-0.2, 0) is 0 Å². The van der Waals surface area contributed by atoms with Crippen molar-refractivity contribution in [1.29, 1.82) is 0 Å². The normalized spacial score (nSPS) is 25.6. The van der Waals surface area contributed by atoms with E-state index in [9.17, 15) is 0 Å². The van der Waals surface area contributed by atoms with Crippen molar-refractivity contribution in [3.8, 4) is 5.75 Å². The van der Waals surface area contributed by atoms with Gasteiger partial charge in [0.15, 0.2) is 0 Å². The number of hydrogen-bond donors (Lipinski definition) is 1. The van der Waals surface area contributed by atoms with Gasteiger partial charge in [0.2, 0.25) is 5.70 Å². The molecule has 1 unspecified atom stereocenters. The third-order valence-corrected chi connectivity index (χ3v) is 5.84. The van der Waals surface area contributed by atoms with E-state index >= 15 is 0 Å². The smallest absolute Gasteiger partial charge is 0.265 e. The summed E-state index contributed by atoms with van der Waals surface area (Å²) in [5.74, 6) is 8.39. The molecule has 0 spiro atoms. The van der Waals surface area contributed by atoms with Gasteiger partial charge in [-0.2, -0.15) is 10.8 Å². The second-order valence-electron chi connectivity index (χ2n) is 7.78. The van der Waals surface area contributed by atoms with Gasteiger partial charge in [0, 0.05) is 12.1 Å². The first kappa shape index (κ1) is 18.2. The molecule has 0 saturated carbocycles. The fraction of sp³-hybridized carbons (Fsp3) is 0.304. The number of benzene rings is 1. The van der Waals surface area contributed by atoms with Gasteiger partial charge in [-0.15, -0.1) is 4.59 Å². The quantitative estimate of drug-likeness (QED) is 0.601. The highest BCUT2D eigenvalue weighted by Gasteiger charge is 2.44. The Labute approximate surface area is 171 Å². The summed E-state index contributed by atoms with van der Waals surface area (Å²) >= 11 is 0. The molecule has 4 aliphatic rings. The Bertz CT molecular complexity index is 994. The monoisotopic (exact) mass is 388 g/mol. The number of piperidine rings is 1. The average Bonchev–Trinajstić information content (AvgIpc) is 3.01. The van der Waals surface area contributed by atoms with Crippen molar-refractivity contribution in [1.82, 2.24) is 4.90 Å². The third-order valence-electron chi connectivity index (χ3n) is 5.84. The number of ether oxygens (including phenoxy) is 1. The van der Waals surface area contributed by atoms with Gasteiger partial charge >= 0.3 is 0 Å². The van der Waals surface area contributed by atoms with E-state index in [4.69, 9.17) is 15.6 Å². The highest BCUT2D eigenvalue weighted by molar-refractivity contribution is 6.01. The van der Waals surface area contributed by atoms with Crippen LogP contribution in [0.25, 0.3) is 0 Å². The highest BCUT2D eigenvalue weighted by atomic mass is 16.5. The first-order valence-electron chi connectivity index (χ1n) is 10.3. The molecular weight excluding hydrogens is 362 g/mol. The molecule has 1 aromatic carbocycles. The van der Waals surface area contributed by atoms with E-state index in [-0.39, 0.29) is 4.59 Å². The van der Waals surface area contributed by atoms with E-state index in [2.05, 4.69) is 9.89 Å². The van der Waals surface area contributed by atoms with Crippen molar-refractivity contribution in [2.24, 2.45) is 15.8 Å². The van der Waals surface area contributed by atoms with Gasteiger partial charge in [0.05, 0.1) is 18.0 Å². The van der Waals surface area contributed by atoms with Crippen LogP contribution in [0.3, 0.4) is 0 Å². The molecule has 2 N–H and O–H groups in total. The Balaban J connectivity index is 1.35. The van der Waals surface area contributed by atoms with Crippen molar-refractivity contribution < 1.29 is 9.33 Å². The lowest BCUT2D eigenvalue weighted by atomic mass is 10.0. The summed E-state index contributed by atoms with van der Waals surface area (Å²) in [5.41, 5.74) is 3.81. The van der Waals surface area contributed by atoms with Gasteiger partial charge in [0.1, 0.15) is 24.3 Å². The van der Waals surface area contributed by atoms with Gasteiger partial charge in [-0.3, -0.25) is 9.89 Å². The van der Waals surface area contributed by atoms with Crippen molar-refractivity contribution in [2.75, 3.05) is 26.2 Å². The predicted octanol–water partition coefficient (Wildman–Crippen LogP) is 3.27. The number of fused-ring (bicyclic) bond motifs is 1. The van der Waals surface area contributed by atoms with Gasteiger partial charge in [-0.25, -0.2) is 0 Å². The number of nitrogens with zero attached hydrogens (tertiary/aromatic N) is 4. The maximum atomic E-state index is 6.77. The Kier molecular flexibility index (Phi) is 4.75. The molecule has 1 saturated heterocycles. The van der Waals surface area contributed by atoms with Crippen molar-refractivity contribution in [3.63, 3.8) is 0 Å². The molecule has 0 bridgehead atoms. The van der Waals surface area contributed by atoms with Crippen LogP contribution in [0.15, 0.2) is 81.8 Å². The topological polar surface area (TPSA) is 63.2 Å². The lowest BCUT2D eigenvalue weighted by molar-refractivity contribution is -0.750.